The molecule has 4 aliphatic carbocycles. The number of rotatable bonds is 4. The maximum absolute atomic E-state index is 11.1. The zero-order chi connectivity index (χ0) is 20.3. The molecule has 160 valence electrons. The summed E-state index contributed by atoms with van der Waals surface area (Å²) in [5, 5.41) is 30.4. The van der Waals surface area contributed by atoms with E-state index in [0.717, 1.165) is 32.1 Å². The molecular formula is C24H40O4. The predicted octanol–water partition coefficient (Wildman–Crippen LogP) is 4.48. The summed E-state index contributed by atoms with van der Waals surface area (Å²) >= 11 is 0. The molecule has 3 N–H and O–H groups in total. The Morgan fingerprint density at radius 1 is 0.964 bits per heavy atom. The summed E-state index contributed by atoms with van der Waals surface area (Å²) in [6, 6.07) is 0. The van der Waals surface area contributed by atoms with E-state index in [1.54, 1.807) is 0 Å². The smallest absolute Gasteiger partial charge is 0.303 e. The molecular weight excluding hydrogens is 352 g/mol. The molecule has 0 saturated heterocycles. The van der Waals surface area contributed by atoms with Crippen LogP contribution in [-0.4, -0.2) is 33.5 Å². The second-order valence-corrected chi connectivity index (χ2v) is 11.4. The van der Waals surface area contributed by atoms with Crippen LogP contribution in [0.3, 0.4) is 0 Å². The van der Waals surface area contributed by atoms with Crippen LogP contribution >= 0.6 is 0 Å². The van der Waals surface area contributed by atoms with Crippen molar-refractivity contribution in [2.24, 2.45) is 46.3 Å². The first-order valence-electron chi connectivity index (χ1n) is 11.7. The van der Waals surface area contributed by atoms with Gasteiger partial charge in [-0.1, -0.05) is 20.8 Å². The molecule has 4 nitrogen and oxygen atoms in total. The SMILES string of the molecule is C[C@@H](CCC(=O)O)[C@H]1CC[C@H]2[C@H]3C[C@H](O)[C@H]4C[C@@H](O)CC[C@]4(C)[C@@H]3CC[C@]12C. The summed E-state index contributed by atoms with van der Waals surface area (Å²) in [6.07, 6.45) is 9.16. The van der Waals surface area contributed by atoms with Gasteiger partial charge in [0, 0.05) is 6.42 Å². The highest BCUT2D eigenvalue weighted by Crippen LogP contribution is 2.68. The Balaban J connectivity index is 1.55. The van der Waals surface area contributed by atoms with Crippen molar-refractivity contribution in [2.45, 2.75) is 97.2 Å². The third kappa shape index (κ3) is 3.14. The molecule has 0 radical (unpaired) electrons. The van der Waals surface area contributed by atoms with Crippen LogP contribution in [0.15, 0.2) is 0 Å². The Morgan fingerprint density at radius 2 is 1.64 bits per heavy atom. The highest BCUT2D eigenvalue weighted by atomic mass is 16.4. The van der Waals surface area contributed by atoms with Gasteiger partial charge >= 0.3 is 5.97 Å². The van der Waals surface area contributed by atoms with Gasteiger partial charge in [0.1, 0.15) is 0 Å². The average Bonchev–Trinajstić information content (AvgIpc) is 2.99. The first-order chi connectivity index (χ1) is 13.2. The number of hydrogen-bond acceptors (Lipinski definition) is 3. The summed E-state index contributed by atoms with van der Waals surface area (Å²) in [6.45, 7) is 7.16. The van der Waals surface area contributed by atoms with E-state index in [9.17, 15) is 15.0 Å². The van der Waals surface area contributed by atoms with E-state index in [4.69, 9.17) is 5.11 Å². The van der Waals surface area contributed by atoms with Gasteiger partial charge in [0.15, 0.2) is 0 Å². The Kier molecular flexibility index (Phi) is 5.36. The van der Waals surface area contributed by atoms with Gasteiger partial charge in [-0.2, -0.15) is 0 Å². The lowest BCUT2D eigenvalue weighted by molar-refractivity contribution is -0.172. The molecule has 0 aliphatic heterocycles. The molecule has 4 fully saturated rings. The highest BCUT2D eigenvalue weighted by molar-refractivity contribution is 5.66. The molecule has 0 aromatic heterocycles. The minimum absolute atomic E-state index is 0.176. The molecule has 0 spiro atoms. The van der Waals surface area contributed by atoms with Crippen molar-refractivity contribution in [3.05, 3.63) is 0 Å². The van der Waals surface area contributed by atoms with Gasteiger partial charge in [0.25, 0.3) is 0 Å². The molecule has 10 atom stereocenters. The first kappa shape index (κ1) is 20.7. The quantitative estimate of drug-likeness (QED) is 0.659. The Labute approximate surface area is 170 Å². The van der Waals surface area contributed by atoms with Crippen LogP contribution in [0.4, 0.5) is 0 Å². The van der Waals surface area contributed by atoms with E-state index in [1.807, 2.05) is 0 Å². The van der Waals surface area contributed by atoms with E-state index >= 15 is 0 Å². The molecule has 0 amide bonds. The number of carboxylic acid groups (broad SMARTS) is 1. The Bertz CT molecular complexity index is 605. The molecule has 0 bridgehead atoms. The van der Waals surface area contributed by atoms with Crippen molar-refractivity contribution in [1.29, 1.82) is 0 Å². The molecule has 0 aromatic rings. The van der Waals surface area contributed by atoms with Crippen molar-refractivity contribution >= 4 is 5.97 Å². The number of fused-ring (bicyclic) bond motifs is 5. The summed E-state index contributed by atoms with van der Waals surface area (Å²) in [5.74, 6) is 2.61. The largest absolute Gasteiger partial charge is 0.481 e. The van der Waals surface area contributed by atoms with E-state index < -0.39 is 5.97 Å². The summed E-state index contributed by atoms with van der Waals surface area (Å²) in [7, 11) is 0. The zero-order valence-electron chi connectivity index (χ0n) is 17.9. The fourth-order valence-corrected chi connectivity index (χ4v) is 8.81. The molecule has 0 aromatic carbocycles. The van der Waals surface area contributed by atoms with E-state index in [-0.39, 0.29) is 30.0 Å². The van der Waals surface area contributed by atoms with Crippen LogP contribution in [0.25, 0.3) is 0 Å². The fourth-order valence-electron chi connectivity index (χ4n) is 8.81. The van der Waals surface area contributed by atoms with Gasteiger partial charge in [0.05, 0.1) is 12.2 Å². The number of carboxylic acids is 1. The van der Waals surface area contributed by atoms with Crippen LogP contribution < -0.4 is 0 Å². The maximum atomic E-state index is 11.1. The number of aliphatic hydroxyl groups excluding tert-OH is 2. The zero-order valence-corrected chi connectivity index (χ0v) is 17.9. The lowest BCUT2D eigenvalue weighted by atomic mass is 9.44. The van der Waals surface area contributed by atoms with Crippen LogP contribution in [0.1, 0.15) is 85.0 Å². The Hall–Kier alpha value is -0.610. The van der Waals surface area contributed by atoms with Crippen molar-refractivity contribution < 1.29 is 20.1 Å². The van der Waals surface area contributed by atoms with Gasteiger partial charge in [-0.3, -0.25) is 4.79 Å². The normalized spacial score (nSPS) is 51.7. The van der Waals surface area contributed by atoms with E-state index in [2.05, 4.69) is 20.8 Å². The van der Waals surface area contributed by atoms with E-state index in [0.29, 0.717) is 35.0 Å². The minimum Gasteiger partial charge on any atom is -0.481 e. The molecule has 4 aliphatic rings. The van der Waals surface area contributed by atoms with Crippen LogP contribution in [0.5, 0.6) is 0 Å². The summed E-state index contributed by atoms with van der Waals surface area (Å²) < 4.78 is 0. The van der Waals surface area contributed by atoms with Crippen LogP contribution in [-0.2, 0) is 4.79 Å². The van der Waals surface area contributed by atoms with Crippen molar-refractivity contribution in [3.63, 3.8) is 0 Å². The molecule has 4 rings (SSSR count). The standard InChI is InChI=1S/C24H40O4/c1-14(4-7-22(27)28)17-5-6-18-16-13-21(26)20-12-15(25)8-10-24(20,3)19(16)9-11-23(17,18)2/h14-21,25-26H,4-13H2,1-3H3,(H,27,28)/t14-,15-,16+,17+,18-,19+,20+,21-,23+,24+/m0/s1. The van der Waals surface area contributed by atoms with Crippen molar-refractivity contribution in [2.75, 3.05) is 0 Å². The van der Waals surface area contributed by atoms with Crippen LogP contribution in [0.2, 0.25) is 0 Å². The third-order valence-electron chi connectivity index (χ3n) is 10.2. The fraction of sp³-hybridized carbons (Fsp3) is 0.958. The summed E-state index contributed by atoms with van der Waals surface area (Å²) in [4.78, 5) is 11.1. The minimum atomic E-state index is -0.677. The Morgan fingerprint density at radius 3 is 2.36 bits per heavy atom. The second kappa shape index (κ2) is 7.27. The average molecular weight is 393 g/mol. The second-order valence-electron chi connectivity index (χ2n) is 11.4. The third-order valence-corrected chi connectivity index (χ3v) is 10.2. The molecule has 28 heavy (non-hydrogen) atoms. The lowest BCUT2D eigenvalue weighted by Gasteiger charge is -2.62. The van der Waals surface area contributed by atoms with Gasteiger partial charge in [0.2, 0.25) is 0 Å². The van der Waals surface area contributed by atoms with Gasteiger partial charge < -0.3 is 15.3 Å². The lowest BCUT2D eigenvalue weighted by Crippen LogP contribution is -2.58. The van der Waals surface area contributed by atoms with Gasteiger partial charge in [-0.15, -0.1) is 0 Å². The van der Waals surface area contributed by atoms with Crippen molar-refractivity contribution in [1.82, 2.24) is 0 Å². The highest BCUT2D eigenvalue weighted by Gasteiger charge is 2.62. The molecule has 4 saturated carbocycles. The van der Waals surface area contributed by atoms with E-state index in [1.165, 1.54) is 25.7 Å². The molecule has 0 unspecified atom stereocenters. The van der Waals surface area contributed by atoms with Crippen LogP contribution in [0, 0.1) is 46.3 Å². The first-order valence-corrected chi connectivity index (χ1v) is 11.7. The van der Waals surface area contributed by atoms with Crippen molar-refractivity contribution in [3.8, 4) is 0 Å². The van der Waals surface area contributed by atoms with Gasteiger partial charge in [-0.25, -0.2) is 0 Å². The number of aliphatic hydroxyl groups is 2. The topological polar surface area (TPSA) is 77.8 Å². The molecule has 4 heteroatoms. The maximum Gasteiger partial charge on any atom is 0.303 e. The number of hydrogen-bond donors (Lipinski definition) is 3. The number of aliphatic carboxylic acids is 1. The van der Waals surface area contributed by atoms with Gasteiger partial charge in [-0.05, 0) is 104 Å². The predicted molar refractivity (Wildman–Crippen MR) is 109 cm³/mol. The number of carbonyl (C=O) groups is 1. The molecule has 0 heterocycles. The monoisotopic (exact) mass is 392 g/mol. The summed E-state index contributed by atoms with van der Waals surface area (Å²) in [5.41, 5.74) is 0.478.